The zero-order chi connectivity index (χ0) is 12.3. The average molecular weight is 220 g/mol. The predicted octanol–water partition coefficient (Wildman–Crippen LogP) is 2.80. The van der Waals surface area contributed by atoms with Gasteiger partial charge in [-0.25, -0.2) is 4.79 Å². The highest BCUT2D eigenvalue weighted by Crippen LogP contribution is 2.25. The Bertz CT molecular complexity index is 445. The molecule has 3 nitrogen and oxygen atoms in total. The van der Waals surface area contributed by atoms with Crippen molar-refractivity contribution in [3.63, 3.8) is 0 Å². The number of ether oxygens (including phenoxy) is 1. The maximum absolute atomic E-state index is 10.7. The first-order chi connectivity index (χ1) is 7.47. The van der Waals surface area contributed by atoms with Crippen LogP contribution in [0.5, 0.6) is 5.75 Å². The first-order valence-electron chi connectivity index (χ1n) is 5.03. The molecule has 0 aliphatic rings. The van der Waals surface area contributed by atoms with Gasteiger partial charge in [0, 0.05) is 5.57 Å². The van der Waals surface area contributed by atoms with Gasteiger partial charge in [-0.1, -0.05) is 6.07 Å². The highest BCUT2D eigenvalue weighted by Gasteiger charge is 2.06. The summed E-state index contributed by atoms with van der Waals surface area (Å²) in [4.78, 5) is 10.7. The summed E-state index contributed by atoms with van der Waals surface area (Å²) in [6.07, 6.45) is 1.67. The number of hydrogen-bond acceptors (Lipinski definition) is 2. The van der Waals surface area contributed by atoms with E-state index < -0.39 is 5.97 Å². The van der Waals surface area contributed by atoms with Crippen LogP contribution in [0.4, 0.5) is 0 Å². The molecule has 16 heavy (non-hydrogen) atoms. The minimum absolute atomic E-state index is 0.327. The van der Waals surface area contributed by atoms with Crippen LogP contribution >= 0.6 is 0 Å². The zero-order valence-corrected chi connectivity index (χ0v) is 10.00. The Morgan fingerprint density at radius 1 is 1.31 bits per heavy atom. The summed E-state index contributed by atoms with van der Waals surface area (Å²) >= 11 is 0. The summed E-state index contributed by atoms with van der Waals surface area (Å²) in [6, 6.07) is 3.72. The summed E-state index contributed by atoms with van der Waals surface area (Å²) in [5.74, 6) is -0.0736. The molecule has 0 radical (unpaired) electrons. The zero-order valence-electron chi connectivity index (χ0n) is 10.00. The molecule has 0 atom stereocenters. The summed E-state index contributed by atoms with van der Waals surface area (Å²) in [5.41, 5.74) is 3.32. The van der Waals surface area contributed by atoms with Crippen LogP contribution in [0.3, 0.4) is 0 Å². The monoisotopic (exact) mass is 220 g/mol. The van der Waals surface area contributed by atoms with Crippen LogP contribution in [0.25, 0.3) is 6.08 Å². The average Bonchev–Trinajstić information content (AvgIpc) is 2.25. The van der Waals surface area contributed by atoms with E-state index in [-0.39, 0.29) is 0 Å². The van der Waals surface area contributed by atoms with Gasteiger partial charge < -0.3 is 9.84 Å². The third-order valence-electron chi connectivity index (χ3n) is 2.71. The van der Waals surface area contributed by atoms with Crippen molar-refractivity contribution < 1.29 is 14.6 Å². The van der Waals surface area contributed by atoms with Crippen LogP contribution in [0, 0.1) is 13.8 Å². The van der Waals surface area contributed by atoms with Gasteiger partial charge in [-0.05, 0) is 49.6 Å². The summed E-state index contributed by atoms with van der Waals surface area (Å²) < 4.78 is 5.20. The molecule has 1 rings (SSSR count). The van der Waals surface area contributed by atoms with E-state index in [9.17, 15) is 4.79 Å². The number of carboxylic acids is 1. The largest absolute Gasteiger partial charge is 0.496 e. The van der Waals surface area contributed by atoms with Crippen molar-refractivity contribution >= 4 is 12.0 Å². The standard InChI is InChI=1S/C13H16O3/c1-8(13(14)15)7-11-5-6-12(16-4)10(3)9(11)2/h5-7H,1-4H3,(H,14,15)/b8-7+. The fourth-order valence-electron chi connectivity index (χ4n) is 1.49. The second kappa shape index (κ2) is 4.84. The van der Waals surface area contributed by atoms with Gasteiger partial charge in [-0.3, -0.25) is 0 Å². The number of carboxylic acid groups (broad SMARTS) is 1. The molecule has 86 valence electrons. The van der Waals surface area contributed by atoms with E-state index >= 15 is 0 Å². The maximum Gasteiger partial charge on any atom is 0.331 e. The van der Waals surface area contributed by atoms with Gasteiger partial charge in [-0.15, -0.1) is 0 Å². The van der Waals surface area contributed by atoms with Crippen LogP contribution in [-0.2, 0) is 4.79 Å². The van der Waals surface area contributed by atoms with Gasteiger partial charge in [0.1, 0.15) is 5.75 Å². The highest BCUT2D eigenvalue weighted by atomic mass is 16.5. The molecule has 0 saturated heterocycles. The van der Waals surface area contributed by atoms with Crippen LogP contribution in [-0.4, -0.2) is 18.2 Å². The van der Waals surface area contributed by atoms with Crippen LogP contribution in [0.15, 0.2) is 17.7 Å². The molecule has 0 bridgehead atoms. The lowest BCUT2D eigenvalue weighted by molar-refractivity contribution is -0.132. The quantitative estimate of drug-likeness (QED) is 0.797. The Morgan fingerprint density at radius 3 is 2.44 bits per heavy atom. The van der Waals surface area contributed by atoms with Crippen molar-refractivity contribution in [2.24, 2.45) is 0 Å². The highest BCUT2D eigenvalue weighted by molar-refractivity contribution is 5.91. The Labute approximate surface area is 95.4 Å². The minimum atomic E-state index is -0.895. The van der Waals surface area contributed by atoms with Gasteiger partial charge in [0.05, 0.1) is 7.11 Å². The Morgan fingerprint density at radius 2 is 1.94 bits per heavy atom. The molecule has 0 saturated carbocycles. The van der Waals surface area contributed by atoms with E-state index in [1.165, 1.54) is 0 Å². The van der Waals surface area contributed by atoms with E-state index in [4.69, 9.17) is 9.84 Å². The van der Waals surface area contributed by atoms with Gasteiger partial charge in [0.2, 0.25) is 0 Å². The first kappa shape index (κ1) is 12.3. The molecular formula is C13H16O3. The fraction of sp³-hybridized carbons (Fsp3) is 0.308. The van der Waals surface area contributed by atoms with E-state index in [1.54, 1.807) is 20.1 Å². The van der Waals surface area contributed by atoms with Gasteiger partial charge in [0.25, 0.3) is 0 Å². The number of rotatable bonds is 3. The fourth-order valence-corrected chi connectivity index (χ4v) is 1.49. The van der Waals surface area contributed by atoms with Gasteiger partial charge in [0.15, 0.2) is 0 Å². The summed E-state index contributed by atoms with van der Waals surface area (Å²) in [7, 11) is 1.62. The molecule has 0 heterocycles. The lowest BCUT2D eigenvalue weighted by Gasteiger charge is -2.10. The molecule has 0 fully saturated rings. The molecule has 0 aliphatic carbocycles. The van der Waals surface area contributed by atoms with Crippen molar-refractivity contribution in [3.05, 3.63) is 34.4 Å². The number of methoxy groups -OCH3 is 1. The molecule has 1 aromatic rings. The minimum Gasteiger partial charge on any atom is -0.496 e. The number of hydrogen-bond donors (Lipinski definition) is 1. The van der Waals surface area contributed by atoms with E-state index in [2.05, 4.69) is 0 Å². The van der Waals surface area contributed by atoms with Crippen LogP contribution < -0.4 is 4.74 Å². The van der Waals surface area contributed by atoms with Crippen molar-refractivity contribution in [1.82, 2.24) is 0 Å². The van der Waals surface area contributed by atoms with Crippen molar-refractivity contribution in [2.45, 2.75) is 20.8 Å². The third-order valence-corrected chi connectivity index (χ3v) is 2.71. The summed E-state index contributed by atoms with van der Waals surface area (Å²) in [5, 5.41) is 8.81. The second-order valence-corrected chi connectivity index (χ2v) is 3.74. The molecule has 0 amide bonds. The lowest BCUT2D eigenvalue weighted by atomic mass is 10.0. The number of aliphatic carboxylic acids is 1. The molecule has 0 aliphatic heterocycles. The van der Waals surface area contributed by atoms with E-state index in [1.807, 2.05) is 26.0 Å². The van der Waals surface area contributed by atoms with E-state index in [0.29, 0.717) is 5.57 Å². The van der Waals surface area contributed by atoms with E-state index in [0.717, 1.165) is 22.4 Å². The number of benzene rings is 1. The summed E-state index contributed by atoms with van der Waals surface area (Å²) in [6.45, 7) is 5.50. The molecule has 1 aromatic carbocycles. The molecular weight excluding hydrogens is 204 g/mol. The normalized spacial score (nSPS) is 11.4. The topological polar surface area (TPSA) is 46.5 Å². The molecule has 3 heteroatoms. The maximum atomic E-state index is 10.7. The molecule has 0 aromatic heterocycles. The molecule has 0 spiro atoms. The smallest absolute Gasteiger partial charge is 0.331 e. The first-order valence-corrected chi connectivity index (χ1v) is 5.03. The van der Waals surface area contributed by atoms with Gasteiger partial charge >= 0.3 is 5.97 Å². The second-order valence-electron chi connectivity index (χ2n) is 3.74. The van der Waals surface area contributed by atoms with Crippen LogP contribution in [0.2, 0.25) is 0 Å². The SMILES string of the molecule is COc1ccc(/C=C(\C)C(=O)O)c(C)c1C. The lowest BCUT2D eigenvalue weighted by Crippen LogP contribution is -1.97. The molecule has 1 N–H and O–H groups in total. The predicted molar refractivity (Wildman–Crippen MR) is 63.8 cm³/mol. The number of carbonyl (C=O) groups is 1. The Balaban J connectivity index is 3.23. The van der Waals surface area contributed by atoms with Crippen molar-refractivity contribution in [1.29, 1.82) is 0 Å². The molecule has 0 unspecified atom stereocenters. The van der Waals surface area contributed by atoms with Crippen molar-refractivity contribution in [2.75, 3.05) is 7.11 Å². The Hall–Kier alpha value is -1.77. The Kier molecular flexibility index (Phi) is 3.72. The van der Waals surface area contributed by atoms with Crippen LogP contribution in [0.1, 0.15) is 23.6 Å². The van der Waals surface area contributed by atoms with Gasteiger partial charge in [-0.2, -0.15) is 0 Å². The third kappa shape index (κ3) is 2.42. The van der Waals surface area contributed by atoms with Crippen molar-refractivity contribution in [3.8, 4) is 5.75 Å².